The fourth-order valence-electron chi connectivity index (χ4n) is 1.54. The molecule has 0 aliphatic carbocycles. The number of thioether (sulfide) groups is 1. The van der Waals surface area contributed by atoms with E-state index in [1.165, 1.54) is 0 Å². The van der Waals surface area contributed by atoms with E-state index >= 15 is 0 Å². The van der Waals surface area contributed by atoms with Crippen molar-refractivity contribution in [1.29, 1.82) is 0 Å². The van der Waals surface area contributed by atoms with Crippen molar-refractivity contribution < 1.29 is 9.52 Å². The Morgan fingerprint density at radius 1 is 1.28 bits per heavy atom. The standard InChI is InChI=1S/C13H14ClNO2S/c1-18-8-11-4-3-10(17-11)7-15-9-2-5-13(16)12(14)6-9/h2-6,15-16H,7-8H2,1H3. The Labute approximate surface area is 115 Å². The van der Waals surface area contributed by atoms with E-state index < -0.39 is 0 Å². The van der Waals surface area contributed by atoms with E-state index in [2.05, 4.69) is 5.32 Å². The van der Waals surface area contributed by atoms with Crippen molar-refractivity contribution in [3.8, 4) is 5.75 Å². The largest absolute Gasteiger partial charge is 0.506 e. The summed E-state index contributed by atoms with van der Waals surface area (Å²) in [6.07, 6.45) is 2.04. The molecule has 2 N–H and O–H groups in total. The van der Waals surface area contributed by atoms with Crippen molar-refractivity contribution in [2.45, 2.75) is 12.3 Å². The van der Waals surface area contributed by atoms with Gasteiger partial charge in [-0.2, -0.15) is 11.8 Å². The van der Waals surface area contributed by atoms with Crippen LogP contribution < -0.4 is 5.32 Å². The third kappa shape index (κ3) is 3.37. The first-order chi connectivity index (χ1) is 8.69. The molecule has 0 saturated heterocycles. The number of halogens is 1. The van der Waals surface area contributed by atoms with E-state index in [9.17, 15) is 5.11 Å². The Kier molecular flexibility index (Phi) is 4.44. The molecule has 0 radical (unpaired) electrons. The average molecular weight is 284 g/mol. The van der Waals surface area contributed by atoms with Crippen LogP contribution in [0, 0.1) is 0 Å². The second-order valence-electron chi connectivity index (χ2n) is 3.82. The van der Waals surface area contributed by atoms with Gasteiger partial charge in [0.15, 0.2) is 0 Å². The molecule has 1 aromatic heterocycles. The molecule has 1 aromatic carbocycles. The zero-order valence-corrected chi connectivity index (χ0v) is 11.5. The summed E-state index contributed by atoms with van der Waals surface area (Å²) < 4.78 is 5.63. The zero-order valence-electron chi connectivity index (χ0n) is 9.94. The summed E-state index contributed by atoms with van der Waals surface area (Å²) in [6, 6.07) is 8.96. The quantitative estimate of drug-likeness (QED) is 0.811. The predicted molar refractivity (Wildman–Crippen MR) is 76.4 cm³/mol. The molecular formula is C13H14ClNO2S. The van der Waals surface area contributed by atoms with E-state index in [-0.39, 0.29) is 5.75 Å². The van der Waals surface area contributed by atoms with Crippen molar-refractivity contribution in [1.82, 2.24) is 0 Å². The summed E-state index contributed by atoms with van der Waals surface area (Å²) in [5, 5.41) is 12.8. The van der Waals surface area contributed by atoms with Crippen LogP contribution in [0.5, 0.6) is 5.75 Å². The van der Waals surface area contributed by atoms with Gasteiger partial charge in [-0.05, 0) is 36.6 Å². The van der Waals surface area contributed by atoms with Crippen molar-refractivity contribution in [2.24, 2.45) is 0 Å². The Morgan fingerprint density at radius 2 is 2.06 bits per heavy atom. The third-order valence-corrected chi connectivity index (χ3v) is 3.29. The first-order valence-electron chi connectivity index (χ1n) is 5.48. The maximum absolute atomic E-state index is 9.31. The van der Waals surface area contributed by atoms with E-state index in [1.807, 2.05) is 18.4 Å². The molecule has 3 nitrogen and oxygen atoms in total. The van der Waals surface area contributed by atoms with Crippen molar-refractivity contribution in [3.63, 3.8) is 0 Å². The van der Waals surface area contributed by atoms with Gasteiger partial charge in [-0.15, -0.1) is 0 Å². The molecule has 1 heterocycles. The smallest absolute Gasteiger partial charge is 0.134 e. The average Bonchev–Trinajstić information content (AvgIpc) is 2.79. The van der Waals surface area contributed by atoms with E-state index in [4.69, 9.17) is 16.0 Å². The monoisotopic (exact) mass is 283 g/mol. The van der Waals surface area contributed by atoms with Crippen LogP contribution in [0.15, 0.2) is 34.7 Å². The number of anilines is 1. The molecule has 0 saturated carbocycles. The van der Waals surface area contributed by atoms with Gasteiger partial charge in [-0.25, -0.2) is 0 Å². The molecule has 0 bridgehead atoms. The van der Waals surface area contributed by atoms with Gasteiger partial charge in [0.25, 0.3) is 0 Å². The van der Waals surface area contributed by atoms with Crippen LogP contribution >= 0.6 is 23.4 Å². The Morgan fingerprint density at radius 3 is 2.78 bits per heavy atom. The van der Waals surface area contributed by atoms with Crippen LogP contribution in [0.1, 0.15) is 11.5 Å². The summed E-state index contributed by atoms with van der Waals surface area (Å²) in [6.45, 7) is 0.593. The van der Waals surface area contributed by atoms with Crippen molar-refractivity contribution >= 4 is 29.1 Å². The van der Waals surface area contributed by atoms with E-state index in [0.717, 1.165) is 23.0 Å². The van der Waals surface area contributed by atoms with Gasteiger partial charge in [-0.3, -0.25) is 0 Å². The fraction of sp³-hybridized carbons (Fsp3) is 0.231. The van der Waals surface area contributed by atoms with Crippen LogP contribution in [0.3, 0.4) is 0 Å². The van der Waals surface area contributed by atoms with Crippen molar-refractivity contribution in [3.05, 3.63) is 46.9 Å². The first-order valence-corrected chi connectivity index (χ1v) is 7.25. The minimum Gasteiger partial charge on any atom is -0.506 e. The predicted octanol–water partition coefficient (Wildman–Crippen LogP) is 4.11. The highest BCUT2D eigenvalue weighted by Crippen LogP contribution is 2.26. The molecule has 2 aromatic rings. The number of furan rings is 1. The molecular weight excluding hydrogens is 270 g/mol. The number of hydrogen-bond donors (Lipinski definition) is 2. The van der Waals surface area contributed by atoms with Gasteiger partial charge >= 0.3 is 0 Å². The lowest BCUT2D eigenvalue weighted by atomic mass is 10.3. The van der Waals surface area contributed by atoms with Crippen LogP contribution in [-0.2, 0) is 12.3 Å². The number of aromatic hydroxyl groups is 1. The number of phenols is 1. The van der Waals surface area contributed by atoms with Crippen LogP contribution in [-0.4, -0.2) is 11.4 Å². The first kappa shape index (κ1) is 13.2. The number of nitrogens with one attached hydrogen (secondary N) is 1. The summed E-state index contributed by atoms with van der Waals surface area (Å²) in [5.74, 6) is 2.82. The lowest BCUT2D eigenvalue weighted by Crippen LogP contribution is -1.97. The van der Waals surface area contributed by atoms with Gasteiger partial charge in [0.2, 0.25) is 0 Å². The summed E-state index contributed by atoms with van der Waals surface area (Å²) >= 11 is 7.55. The highest BCUT2D eigenvalue weighted by molar-refractivity contribution is 7.97. The maximum Gasteiger partial charge on any atom is 0.134 e. The van der Waals surface area contributed by atoms with Gasteiger partial charge in [0.05, 0.1) is 17.3 Å². The van der Waals surface area contributed by atoms with Crippen LogP contribution in [0.4, 0.5) is 5.69 Å². The molecule has 0 aliphatic rings. The molecule has 0 aliphatic heterocycles. The molecule has 0 spiro atoms. The lowest BCUT2D eigenvalue weighted by molar-refractivity contribution is 0.475. The molecule has 5 heteroatoms. The molecule has 0 unspecified atom stereocenters. The fourth-order valence-corrected chi connectivity index (χ4v) is 2.16. The van der Waals surface area contributed by atoms with Gasteiger partial charge in [0.1, 0.15) is 17.3 Å². The van der Waals surface area contributed by atoms with Crippen LogP contribution in [0.25, 0.3) is 0 Å². The lowest BCUT2D eigenvalue weighted by Gasteiger charge is -2.05. The topological polar surface area (TPSA) is 45.4 Å². The number of rotatable bonds is 5. The van der Waals surface area contributed by atoms with Gasteiger partial charge in [0, 0.05) is 5.69 Å². The van der Waals surface area contributed by atoms with E-state index in [1.54, 1.807) is 30.0 Å². The molecule has 0 amide bonds. The van der Waals surface area contributed by atoms with Crippen LogP contribution in [0.2, 0.25) is 5.02 Å². The third-order valence-electron chi connectivity index (χ3n) is 2.42. The molecule has 0 atom stereocenters. The Bertz CT molecular complexity index is 527. The Hall–Kier alpha value is -1.26. The molecule has 96 valence electrons. The molecule has 18 heavy (non-hydrogen) atoms. The minimum atomic E-state index is 0.0856. The maximum atomic E-state index is 9.31. The molecule has 2 rings (SSSR count). The zero-order chi connectivity index (χ0) is 13.0. The number of hydrogen-bond acceptors (Lipinski definition) is 4. The second kappa shape index (κ2) is 6.07. The van der Waals surface area contributed by atoms with Crippen molar-refractivity contribution in [2.75, 3.05) is 11.6 Å². The highest BCUT2D eigenvalue weighted by Gasteiger charge is 2.03. The SMILES string of the molecule is CSCc1ccc(CNc2ccc(O)c(Cl)c2)o1. The van der Waals surface area contributed by atoms with E-state index in [0.29, 0.717) is 11.6 Å². The second-order valence-corrected chi connectivity index (χ2v) is 5.09. The summed E-state index contributed by atoms with van der Waals surface area (Å²) in [4.78, 5) is 0. The minimum absolute atomic E-state index is 0.0856. The summed E-state index contributed by atoms with van der Waals surface area (Å²) in [7, 11) is 0. The number of phenolic OH excluding ortho intramolecular Hbond substituents is 1. The highest BCUT2D eigenvalue weighted by atomic mass is 35.5. The van der Waals surface area contributed by atoms with Gasteiger partial charge in [-0.1, -0.05) is 11.6 Å². The molecule has 0 fully saturated rings. The normalized spacial score (nSPS) is 10.6. The Balaban J connectivity index is 1.95. The van der Waals surface area contributed by atoms with Gasteiger partial charge < -0.3 is 14.8 Å². The summed E-state index contributed by atoms with van der Waals surface area (Å²) in [5.41, 5.74) is 0.848. The number of benzene rings is 1.